The molecule has 4 heterocycles. The highest BCUT2D eigenvalue weighted by Crippen LogP contribution is 2.43. The van der Waals surface area contributed by atoms with Gasteiger partial charge in [0.05, 0.1) is 10.2 Å². The van der Waals surface area contributed by atoms with Gasteiger partial charge in [0.15, 0.2) is 0 Å². The minimum atomic E-state index is -0.874. The smallest absolute Gasteiger partial charge is 0.251 e. The molecule has 0 unspecified atom stereocenters. The number of rotatable bonds is 4. The van der Waals surface area contributed by atoms with Crippen molar-refractivity contribution >= 4 is 33.3 Å². The third-order valence-electron chi connectivity index (χ3n) is 6.29. The maximum absolute atomic E-state index is 12.7. The predicted molar refractivity (Wildman–Crippen MR) is 113 cm³/mol. The third kappa shape index (κ3) is 3.62. The number of aliphatic hydroxyl groups excluding tert-OH is 1. The number of aromatic nitrogens is 2. The Kier molecular flexibility index (Phi) is 5.56. The number of hydrogen-bond acceptors (Lipinski definition) is 6. The van der Waals surface area contributed by atoms with Crippen LogP contribution in [-0.4, -0.2) is 57.2 Å². The first kappa shape index (κ1) is 19.6. The monoisotopic (exact) mass is 402 g/mol. The van der Waals surface area contributed by atoms with Crippen molar-refractivity contribution < 1.29 is 9.90 Å². The second-order valence-corrected chi connectivity index (χ2v) is 9.55. The van der Waals surface area contributed by atoms with E-state index in [1.54, 1.807) is 17.7 Å². The molecule has 4 rings (SSSR count). The first-order valence-electron chi connectivity index (χ1n) is 10.4. The first-order chi connectivity index (χ1) is 13.5. The van der Waals surface area contributed by atoms with E-state index < -0.39 is 6.10 Å². The highest BCUT2D eigenvalue weighted by atomic mass is 32.1. The molecule has 2 saturated heterocycles. The molecule has 1 N–H and O–H groups in total. The highest BCUT2D eigenvalue weighted by molar-refractivity contribution is 7.17. The van der Waals surface area contributed by atoms with Crippen LogP contribution in [0.3, 0.4) is 0 Å². The number of aliphatic hydroxyl groups is 1. The second-order valence-electron chi connectivity index (χ2n) is 8.64. The predicted octanol–water partition coefficient (Wildman–Crippen LogP) is 3.45. The molecule has 6 nitrogen and oxygen atoms in total. The number of carbonyl (C=O) groups is 1. The Bertz CT molecular complexity index is 839. The van der Waals surface area contributed by atoms with Crippen LogP contribution in [0.2, 0.25) is 0 Å². The van der Waals surface area contributed by atoms with Gasteiger partial charge in [-0.3, -0.25) is 4.79 Å². The van der Waals surface area contributed by atoms with Gasteiger partial charge in [-0.25, -0.2) is 9.97 Å². The van der Waals surface area contributed by atoms with E-state index in [1.165, 1.54) is 0 Å². The fourth-order valence-electron chi connectivity index (χ4n) is 4.91. The maximum atomic E-state index is 12.7. The molecule has 7 heteroatoms. The molecule has 2 atom stereocenters. The summed E-state index contributed by atoms with van der Waals surface area (Å²) in [6, 6.07) is 2.05. The van der Waals surface area contributed by atoms with Crippen LogP contribution in [-0.2, 0) is 4.79 Å². The lowest BCUT2D eigenvalue weighted by atomic mass is 9.87. The summed E-state index contributed by atoms with van der Waals surface area (Å²) in [5, 5.41) is 12.4. The van der Waals surface area contributed by atoms with E-state index in [4.69, 9.17) is 0 Å². The van der Waals surface area contributed by atoms with Crippen molar-refractivity contribution in [1.82, 2.24) is 14.9 Å². The lowest BCUT2D eigenvalue weighted by molar-refractivity contribution is -0.140. The molecule has 2 aliphatic rings. The minimum absolute atomic E-state index is 0.0588. The molecule has 0 saturated carbocycles. The van der Waals surface area contributed by atoms with Crippen molar-refractivity contribution in [3.05, 3.63) is 17.8 Å². The van der Waals surface area contributed by atoms with Crippen molar-refractivity contribution in [2.45, 2.75) is 64.0 Å². The molecular weight excluding hydrogens is 372 g/mol. The van der Waals surface area contributed by atoms with E-state index in [1.807, 2.05) is 18.7 Å². The van der Waals surface area contributed by atoms with Crippen LogP contribution >= 0.6 is 11.3 Å². The molecule has 28 heavy (non-hydrogen) atoms. The van der Waals surface area contributed by atoms with Crippen LogP contribution in [0.4, 0.5) is 5.82 Å². The van der Waals surface area contributed by atoms with Crippen molar-refractivity contribution in [3.8, 4) is 0 Å². The highest BCUT2D eigenvalue weighted by Gasteiger charge is 2.43. The number of hydrogen-bond donors (Lipinski definition) is 1. The van der Waals surface area contributed by atoms with Gasteiger partial charge in [0.2, 0.25) is 0 Å². The van der Waals surface area contributed by atoms with Crippen LogP contribution in [0.5, 0.6) is 0 Å². The number of anilines is 1. The summed E-state index contributed by atoms with van der Waals surface area (Å²) in [6.07, 6.45) is 6.59. The molecule has 2 fully saturated rings. The molecular formula is C21H30N4O2S. The molecule has 2 aromatic rings. The molecule has 152 valence electrons. The number of nitrogens with zero attached hydrogens (tertiary/aromatic N) is 4. The third-order valence-corrected chi connectivity index (χ3v) is 7.18. The van der Waals surface area contributed by atoms with Crippen LogP contribution in [0, 0.1) is 5.92 Å². The van der Waals surface area contributed by atoms with Gasteiger partial charge in [0, 0.05) is 25.2 Å². The molecule has 2 aromatic heterocycles. The van der Waals surface area contributed by atoms with E-state index in [2.05, 4.69) is 26.3 Å². The van der Waals surface area contributed by atoms with Crippen molar-refractivity contribution in [3.63, 3.8) is 0 Å². The Morgan fingerprint density at radius 1 is 1.21 bits per heavy atom. The number of carbonyl (C=O) groups excluding carboxylic acids is 1. The van der Waals surface area contributed by atoms with Crippen molar-refractivity contribution in [1.29, 1.82) is 0 Å². The van der Waals surface area contributed by atoms with E-state index in [0.717, 1.165) is 61.2 Å². The van der Waals surface area contributed by atoms with Gasteiger partial charge in [-0.05, 0) is 55.9 Å². The van der Waals surface area contributed by atoms with E-state index >= 15 is 0 Å². The normalized spacial score (nSPS) is 24.3. The van der Waals surface area contributed by atoms with Gasteiger partial charge in [-0.1, -0.05) is 13.8 Å². The Morgan fingerprint density at radius 3 is 2.79 bits per heavy atom. The SMILES string of the molecule is CC(C)C[C@@H](O)C(=O)N1CCC[C@@]2(CCCN2c2ncnc3ccsc23)CC1. The largest absolute Gasteiger partial charge is 0.383 e. The second kappa shape index (κ2) is 7.95. The Hall–Kier alpha value is -1.73. The van der Waals surface area contributed by atoms with Crippen LogP contribution < -0.4 is 4.90 Å². The molecule has 2 aliphatic heterocycles. The van der Waals surface area contributed by atoms with Crippen molar-refractivity contribution in [2.24, 2.45) is 5.92 Å². The number of fused-ring (bicyclic) bond motifs is 1. The van der Waals surface area contributed by atoms with Gasteiger partial charge in [-0.15, -0.1) is 11.3 Å². The maximum Gasteiger partial charge on any atom is 0.251 e. The fourth-order valence-corrected chi connectivity index (χ4v) is 5.76. The van der Waals surface area contributed by atoms with E-state index in [0.29, 0.717) is 18.9 Å². The van der Waals surface area contributed by atoms with Crippen molar-refractivity contribution in [2.75, 3.05) is 24.5 Å². The Morgan fingerprint density at radius 2 is 2.00 bits per heavy atom. The Balaban J connectivity index is 1.53. The van der Waals surface area contributed by atoms with Crippen LogP contribution in [0.1, 0.15) is 52.4 Å². The number of amides is 1. The first-order valence-corrected chi connectivity index (χ1v) is 11.3. The molecule has 0 aromatic carbocycles. The minimum Gasteiger partial charge on any atom is -0.383 e. The Labute approximate surface area is 170 Å². The summed E-state index contributed by atoms with van der Waals surface area (Å²) in [6.45, 7) is 6.54. The summed E-state index contributed by atoms with van der Waals surface area (Å²) in [7, 11) is 0. The summed E-state index contributed by atoms with van der Waals surface area (Å²) >= 11 is 1.70. The molecule has 0 aliphatic carbocycles. The zero-order chi connectivity index (χ0) is 19.7. The summed E-state index contributed by atoms with van der Waals surface area (Å²) in [5.74, 6) is 1.27. The topological polar surface area (TPSA) is 69.6 Å². The van der Waals surface area contributed by atoms with Crippen LogP contribution in [0.15, 0.2) is 17.8 Å². The molecule has 1 amide bonds. The van der Waals surface area contributed by atoms with Gasteiger partial charge < -0.3 is 14.9 Å². The van der Waals surface area contributed by atoms with E-state index in [-0.39, 0.29) is 11.4 Å². The molecule has 1 spiro atoms. The van der Waals surface area contributed by atoms with Gasteiger partial charge in [-0.2, -0.15) is 0 Å². The van der Waals surface area contributed by atoms with E-state index in [9.17, 15) is 9.90 Å². The van der Waals surface area contributed by atoms with Crippen LogP contribution in [0.25, 0.3) is 10.2 Å². The van der Waals surface area contributed by atoms with Gasteiger partial charge >= 0.3 is 0 Å². The summed E-state index contributed by atoms with van der Waals surface area (Å²) < 4.78 is 1.16. The fraction of sp³-hybridized carbons (Fsp3) is 0.667. The summed E-state index contributed by atoms with van der Waals surface area (Å²) in [4.78, 5) is 26.2. The lowest BCUT2D eigenvalue weighted by Gasteiger charge is -2.39. The zero-order valence-corrected chi connectivity index (χ0v) is 17.6. The lowest BCUT2D eigenvalue weighted by Crippen LogP contribution is -2.46. The molecule has 0 radical (unpaired) electrons. The quantitative estimate of drug-likeness (QED) is 0.848. The van der Waals surface area contributed by atoms with Gasteiger partial charge in [0.25, 0.3) is 5.91 Å². The average molecular weight is 403 g/mol. The number of likely N-dealkylation sites (tertiary alicyclic amines) is 1. The standard InChI is InChI=1S/C21H30N4O2S/c1-15(2)13-17(26)20(27)24-9-3-6-21(8-11-24)7-4-10-25(21)19-18-16(5-12-28-18)22-14-23-19/h5,12,14-15,17,26H,3-4,6-11,13H2,1-2H3/t17-,21-/m1/s1. The molecule has 0 bridgehead atoms. The average Bonchev–Trinajstić information content (AvgIpc) is 3.24. The number of thiophene rings is 1. The zero-order valence-electron chi connectivity index (χ0n) is 16.8. The summed E-state index contributed by atoms with van der Waals surface area (Å²) in [5.41, 5.74) is 1.07. The van der Waals surface area contributed by atoms with Gasteiger partial charge in [0.1, 0.15) is 18.2 Å².